The van der Waals surface area contributed by atoms with Crippen molar-refractivity contribution in [1.82, 2.24) is 9.78 Å². The zero-order valence-electron chi connectivity index (χ0n) is 9.18. The maximum absolute atomic E-state index is 5.78. The lowest BCUT2D eigenvalue weighted by Gasteiger charge is -2.04. The topological polar surface area (TPSA) is 53.1 Å². The van der Waals surface area contributed by atoms with Gasteiger partial charge in [-0.25, -0.2) is 0 Å². The number of hydrogen-bond acceptors (Lipinski definition) is 4. The molecule has 0 saturated heterocycles. The maximum Gasteiger partial charge on any atom is 0.122 e. The highest BCUT2D eigenvalue weighted by atomic mass is 32.2. The minimum Gasteiger partial charge on any atom is -0.497 e. The molecule has 2 rings (SSSR count). The number of nitrogens with two attached hydrogens (primary N) is 1. The third kappa shape index (κ3) is 2.49. The Morgan fingerprint density at radius 2 is 2.12 bits per heavy atom. The number of anilines is 1. The lowest BCUT2D eigenvalue weighted by atomic mass is 10.3. The van der Waals surface area contributed by atoms with Gasteiger partial charge in [-0.05, 0) is 12.1 Å². The molecule has 2 aromatic rings. The number of hydrogen-bond donors (Lipinski definition) is 1. The molecule has 1 aromatic carbocycles. The van der Waals surface area contributed by atoms with Gasteiger partial charge in [0.05, 0.1) is 18.2 Å². The Bertz CT molecular complexity index is 496. The predicted molar refractivity (Wildman–Crippen MR) is 64.7 cm³/mol. The molecular formula is C11H13N3OS. The van der Waals surface area contributed by atoms with Crippen molar-refractivity contribution in [3.05, 3.63) is 30.6 Å². The Morgan fingerprint density at radius 1 is 1.31 bits per heavy atom. The van der Waals surface area contributed by atoms with E-state index in [1.54, 1.807) is 29.6 Å². The fourth-order valence-electron chi connectivity index (χ4n) is 1.36. The normalized spacial score (nSPS) is 10.4. The largest absolute Gasteiger partial charge is 0.497 e. The highest BCUT2D eigenvalue weighted by Gasteiger charge is 2.03. The summed E-state index contributed by atoms with van der Waals surface area (Å²) in [5.74, 6) is 0.770. The lowest BCUT2D eigenvalue weighted by molar-refractivity contribution is 0.414. The van der Waals surface area contributed by atoms with Crippen LogP contribution in [0.15, 0.2) is 40.4 Å². The maximum atomic E-state index is 5.78. The molecule has 0 aliphatic heterocycles. The first-order chi connectivity index (χ1) is 7.67. The summed E-state index contributed by atoms with van der Waals surface area (Å²) in [4.78, 5) is 2.13. The molecular weight excluding hydrogens is 222 g/mol. The summed E-state index contributed by atoms with van der Waals surface area (Å²) in [6.07, 6.45) is 3.78. The minimum absolute atomic E-state index is 0.700. The van der Waals surface area contributed by atoms with Gasteiger partial charge in [0, 0.05) is 29.9 Å². The second-order valence-corrected chi connectivity index (χ2v) is 4.54. The SMILES string of the molecule is COc1cc(N)cc(Sc2cnn(C)c2)c1. The molecule has 0 radical (unpaired) electrons. The van der Waals surface area contributed by atoms with Crippen molar-refractivity contribution in [3.63, 3.8) is 0 Å². The van der Waals surface area contributed by atoms with Crippen LogP contribution in [0.2, 0.25) is 0 Å². The van der Waals surface area contributed by atoms with E-state index in [1.165, 1.54) is 0 Å². The van der Waals surface area contributed by atoms with Gasteiger partial charge < -0.3 is 10.5 Å². The Balaban J connectivity index is 2.24. The van der Waals surface area contributed by atoms with E-state index < -0.39 is 0 Å². The van der Waals surface area contributed by atoms with E-state index in [4.69, 9.17) is 10.5 Å². The van der Waals surface area contributed by atoms with E-state index in [9.17, 15) is 0 Å². The number of aryl methyl sites for hydroxylation is 1. The minimum atomic E-state index is 0.700. The van der Waals surface area contributed by atoms with Crippen molar-refractivity contribution >= 4 is 17.4 Å². The highest BCUT2D eigenvalue weighted by molar-refractivity contribution is 7.99. The molecule has 0 spiro atoms. The van der Waals surface area contributed by atoms with Gasteiger partial charge in [-0.3, -0.25) is 4.68 Å². The second-order valence-electron chi connectivity index (χ2n) is 3.39. The summed E-state index contributed by atoms with van der Waals surface area (Å²) in [7, 11) is 3.53. The Morgan fingerprint density at radius 3 is 2.75 bits per heavy atom. The summed E-state index contributed by atoms with van der Waals surface area (Å²) in [6, 6.07) is 5.67. The van der Waals surface area contributed by atoms with Gasteiger partial charge in [0.15, 0.2) is 0 Å². The van der Waals surface area contributed by atoms with Crippen LogP contribution >= 0.6 is 11.8 Å². The van der Waals surface area contributed by atoms with Crippen LogP contribution in [-0.4, -0.2) is 16.9 Å². The molecule has 0 aliphatic rings. The molecule has 0 unspecified atom stereocenters. The summed E-state index contributed by atoms with van der Waals surface area (Å²) in [5.41, 5.74) is 6.48. The fraction of sp³-hybridized carbons (Fsp3) is 0.182. The molecule has 2 N–H and O–H groups in total. The first-order valence-corrected chi connectivity index (χ1v) is 5.60. The van der Waals surface area contributed by atoms with Crippen molar-refractivity contribution in [2.24, 2.45) is 7.05 Å². The number of methoxy groups -OCH3 is 1. The third-order valence-electron chi connectivity index (χ3n) is 2.05. The quantitative estimate of drug-likeness (QED) is 0.828. The first-order valence-electron chi connectivity index (χ1n) is 4.78. The van der Waals surface area contributed by atoms with Crippen molar-refractivity contribution < 1.29 is 4.74 Å². The first kappa shape index (κ1) is 10.9. The molecule has 1 heterocycles. The van der Waals surface area contributed by atoms with Gasteiger partial charge in [-0.2, -0.15) is 5.10 Å². The fourth-order valence-corrected chi connectivity index (χ4v) is 2.31. The number of nitrogen functional groups attached to an aromatic ring is 1. The molecule has 1 aromatic heterocycles. The number of nitrogens with zero attached hydrogens (tertiary/aromatic N) is 2. The number of aromatic nitrogens is 2. The predicted octanol–water partition coefficient (Wildman–Crippen LogP) is 2.16. The summed E-state index contributed by atoms with van der Waals surface area (Å²) in [5, 5.41) is 4.11. The van der Waals surface area contributed by atoms with Gasteiger partial charge in [-0.15, -0.1) is 0 Å². The molecule has 0 atom stereocenters. The molecule has 4 nitrogen and oxygen atoms in total. The molecule has 0 amide bonds. The van der Waals surface area contributed by atoms with Gasteiger partial charge in [0.2, 0.25) is 0 Å². The molecule has 0 saturated carbocycles. The van der Waals surface area contributed by atoms with Crippen LogP contribution in [-0.2, 0) is 7.05 Å². The van der Waals surface area contributed by atoms with Crippen LogP contribution in [0.5, 0.6) is 5.75 Å². The van der Waals surface area contributed by atoms with Gasteiger partial charge in [0.1, 0.15) is 5.75 Å². The summed E-state index contributed by atoms with van der Waals surface area (Å²) in [6.45, 7) is 0. The molecule has 16 heavy (non-hydrogen) atoms. The standard InChI is InChI=1S/C11H13N3OS/c1-14-7-11(6-13-14)16-10-4-8(12)3-9(5-10)15-2/h3-7H,12H2,1-2H3. The van der Waals surface area contributed by atoms with E-state index in [1.807, 2.05) is 31.6 Å². The van der Waals surface area contributed by atoms with Crippen LogP contribution in [0.4, 0.5) is 5.69 Å². The van der Waals surface area contributed by atoms with Crippen LogP contribution in [0.1, 0.15) is 0 Å². The second kappa shape index (κ2) is 4.49. The number of ether oxygens (including phenoxy) is 1. The monoisotopic (exact) mass is 235 g/mol. The van der Waals surface area contributed by atoms with E-state index in [0.29, 0.717) is 5.69 Å². The van der Waals surface area contributed by atoms with E-state index in [-0.39, 0.29) is 0 Å². The smallest absolute Gasteiger partial charge is 0.122 e. The van der Waals surface area contributed by atoms with E-state index >= 15 is 0 Å². The Kier molecular flexibility index (Phi) is 3.05. The van der Waals surface area contributed by atoms with Crippen molar-refractivity contribution in [2.45, 2.75) is 9.79 Å². The van der Waals surface area contributed by atoms with Crippen LogP contribution in [0.3, 0.4) is 0 Å². The van der Waals surface area contributed by atoms with E-state index in [0.717, 1.165) is 15.5 Å². The van der Waals surface area contributed by atoms with Crippen molar-refractivity contribution in [3.8, 4) is 5.75 Å². The number of rotatable bonds is 3. The zero-order chi connectivity index (χ0) is 11.5. The highest BCUT2D eigenvalue weighted by Crippen LogP contribution is 2.31. The van der Waals surface area contributed by atoms with Gasteiger partial charge in [-0.1, -0.05) is 11.8 Å². The molecule has 84 valence electrons. The lowest BCUT2D eigenvalue weighted by Crippen LogP contribution is -1.88. The number of benzene rings is 1. The van der Waals surface area contributed by atoms with E-state index in [2.05, 4.69) is 5.10 Å². The van der Waals surface area contributed by atoms with Gasteiger partial charge >= 0.3 is 0 Å². The molecule has 0 aliphatic carbocycles. The van der Waals surface area contributed by atoms with Crippen LogP contribution in [0.25, 0.3) is 0 Å². The third-order valence-corrected chi connectivity index (χ3v) is 2.97. The summed E-state index contributed by atoms with van der Waals surface area (Å²) < 4.78 is 6.93. The average Bonchev–Trinajstić information content (AvgIpc) is 2.63. The molecule has 5 heteroatoms. The van der Waals surface area contributed by atoms with Crippen molar-refractivity contribution in [1.29, 1.82) is 0 Å². The zero-order valence-corrected chi connectivity index (χ0v) is 9.99. The molecule has 0 bridgehead atoms. The summed E-state index contributed by atoms with van der Waals surface area (Å²) >= 11 is 1.61. The molecule has 0 fully saturated rings. The Hall–Kier alpha value is -1.62. The van der Waals surface area contributed by atoms with Crippen LogP contribution in [0, 0.1) is 0 Å². The van der Waals surface area contributed by atoms with Gasteiger partial charge in [0.25, 0.3) is 0 Å². The van der Waals surface area contributed by atoms with Crippen LogP contribution < -0.4 is 10.5 Å². The van der Waals surface area contributed by atoms with Crippen molar-refractivity contribution in [2.75, 3.05) is 12.8 Å². The Labute approximate surface area is 98.4 Å². The average molecular weight is 235 g/mol.